The third-order valence-corrected chi connectivity index (χ3v) is 4.58. The maximum atomic E-state index is 10.3. The van der Waals surface area contributed by atoms with Crippen molar-refractivity contribution in [2.75, 3.05) is 41.9 Å². The monoisotopic (exact) mass is 396 g/mol. The predicted molar refractivity (Wildman–Crippen MR) is 112 cm³/mol. The average molecular weight is 397 g/mol. The molecular formula is C17H29ClN8O. The van der Waals surface area contributed by atoms with Crippen molar-refractivity contribution >= 4 is 47.0 Å². The van der Waals surface area contributed by atoms with Crippen LogP contribution in [0.3, 0.4) is 0 Å². The van der Waals surface area contributed by atoms with E-state index in [1.54, 1.807) is 14.1 Å². The molecule has 0 unspecified atom stereocenters. The van der Waals surface area contributed by atoms with E-state index in [2.05, 4.69) is 48.1 Å². The first-order valence-corrected chi connectivity index (χ1v) is 9.30. The molecule has 1 aliphatic carbocycles. The summed E-state index contributed by atoms with van der Waals surface area (Å²) in [6.07, 6.45) is 4.46. The molecule has 10 heteroatoms. The molecule has 2 heterocycles. The SMILES string of the molecule is CCCNc1nc(NC)nc2c(N[C@H]3CCCC[C@@H]3O)nc(NC)nc12.Cl. The first-order chi connectivity index (χ1) is 12.7. The number of nitrogens with one attached hydrogen (secondary N) is 4. The van der Waals surface area contributed by atoms with Gasteiger partial charge in [-0.25, -0.2) is 9.97 Å². The van der Waals surface area contributed by atoms with Gasteiger partial charge in [-0.2, -0.15) is 9.97 Å². The molecule has 150 valence electrons. The lowest BCUT2D eigenvalue weighted by molar-refractivity contribution is 0.116. The van der Waals surface area contributed by atoms with Gasteiger partial charge in [-0.15, -0.1) is 12.4 Å². The fraction of sp³-hybridized carbons (Fsp3) is 0.647. The van der Waals surface area contributed by atoms with Crippen LogP contribution in [0.15, 0.2) is 0 Å². The number of halogens is 1. The fourth-order valence-electron chi connectivity index (χ4n) is 3.16. The molecule has 0 aromatic carbocycles. The zero-order valence-electron chi connectivity index (χ0n) is 16.0. The van der Waals surface area contributed by atoms with E-state index in [9.17, 15) is 5.11 Å². The van der Waals surface area contributed by atoms with E-state index in [4.69, 9.17) is 0 Å². The smallest absolute Gasteiger partial charge is 0.225 e. The van der Waals surface area contributed by atoms with Gasteiger partial charge in [0.05, 0.1) is 12.1 Å². The molecule has 5 N–H and O–H groups in total. The van der Waals surface area contributed by atoms with Crippen molar-refractivity contribution in [1.82, 2.24) is 19.9 Å². The Hall–Kier alpha value is -2.13. The second-order valence-corrected chi connectivity index (χ2v) is 6.52. The molecule has 2 atom stereocenters. The van der Waals surface area contributed by atoms with Crippen molar-refractivity contribution in [2.24, 2.45) is 0 Å². The molecular weight excluding hydrogens is 368 g/mol. The molecule has 0 radical (unpaired) electrons. The van der Waals surface area contributed by atoms with Crippen LogP contribution in [0.25, 0.3) is 11.0 Å². The van der Waals surface area contributed by atoms with E-state index in [1.807, 2.05) is 0 Å². The van der Waals surface area contributed by atoms with E-state index in [0.29, 0.717) is 34.6 Å². The molecule has 27 heavy (non-hydrogen) atoms. The summed E-state index contributed by atoms with van der Waals surface area (Å²) in [7, 11) is 3.56. The molecule has 1 fully saturated rings. The summed E-state index contributed by atoms with van der Waals surface area (Å²) < 4.78 is 0. The number of rotatable bonds is 7. The zero-order chi connectivity index (χ0) is 18.5. The molecule has 0 aliphatic heterocycles. The van der Waals surface area contributed by atoms with Gasteiger partial charge < -0.3 is 26.4 Å². The summed E-state index contributed by atoms with van der Waals surface area (Å²) in [4.78, 5) is 18.2. The zero-order valence-corrected chi connectivity index (χ0v) is 16.9. The first-order valence-electron chi connectivity index (χ1n) is 9.30. The Morgan fingerprint density at radius 2 is 1.52 bits per heavy atom. The molecule has 9 nitrogen and oxygen atoms in total. The van der Waals surface area contributed by atoms with Crippen LogP contribution in [0.2, 0.25) is 0 Å². The highest BCUT2D eigenvalue weighted by Gasteiger charge is 2.25. The van der Waals surface area contributed by atoms with Gasteiger partial charge in [0, 0.05) is 20.6 Å². The van der Waals surface area contributed by atoms with Crippen LogP contribution >= 0.6 is 12.4 Å². The molecule has 0 saturated heterocycles. The number of anilines is 4. The normalized spacial score (nSPS) is 19.3. The number of aromatic nitrogens is 4. The Kier molecular flexibility index (Phi) is 7.61. The van der Waals surface area contributed by atoms with Crippen LogP contribution in [0, 0.1) is 0 Å². The Morgan fingerprint density at radius 1 is 0.926 bits per heavy atom. The lowest BCUT2D eigenvalue weighted by Gasteiger charge is -2.29. The minimum Gasteiger partial charge on any atom is -0.391 e. The lowest BCUT2D eigenvalue weighted by Crippen LogP contribution is -2.36. The van der Waals surface area contributed by atoms with Crippen LogP contribution < -0.4 is 21.3 Å². The number of hydrogen-bond acceptors (Lipinski definition) is 9. The molecule has 0 spiro atoms. The molecule has 2 aromatic heterocycles. The topological polar surface area (TPSA) is 120 Å². The van der Waals surface area contributed by atoms with Gasteiger partial charge in [-0.1, -0.05) is 19.8 Å². The summed E-state index contributed by atoms with van der Waals surface area (Å²) in [5.41, 5.74) is 1.30. The van der Waals surface area contributed by atoms with E-state index in [0.717, 1.165) is 38.6 Å². The van der Waals surface area contributed by atoms with Crippen molar-refractivity contribution in [1.29, 1.82) is 0 Å². The number of fused-ring (bicyclic) bond motifs is 1. The second-order valence-electron chi connectivity index (χ2n) is 6.52. The number of aliphatic hydroxyl groups is 1. The van der Waals surface area contributed by atoms with Gasteiger partial charge in [0.15, 0.2) is 11.6 Å². The van der Waals surface area contributed by atoms with Crippen molar-refractivity contribution in [3.8, 4) is 0 Å². The maximum Gasteiger partial charge on any atom is 0.225 e. The Morgan fingerprint density at radius 3 is 2.11 bits per heavy atom. The molecule has 0 amide bonds. The highest BCUT2D eigenvalue weighted by atomic mass is 35.5. The number of nitrogens with zero attached hydrogens (tertiary/aromatic N) is 4. The molecule has 0 bridgehead atoms. The largest absolute Gasteiger partial charge is 0.391 e. The van der Waals surface area contributed by atoms with Gasteiger partial charge in [0.2, 0.25) is 11.9 Å². The molecule has 2 aromatic rings. The highest BCUT2D eigenvalue weighted by Crippen LogP contribution is 2.29. The number of aliphatic hydroxyl groups excluding tert-OH is 1. The van der Waals surface area contributed by atoms with Crippen LogP contribution in [-0.2, 0) is 0 Å². The minimum atomic E-state index is -0.380. The van der Waals surface area contributed by atoms with E-state index >= 15 is 0 Å². The van der Waals surface area contributed by atoms with Gasteiger partial charge in [-0.05, 0) is 19.3 Å². The van der Waals surface area contributed by atoms with Crippen LogP contribution in [0.5, 0.6) is 0 Å². The van der Waals surface area contributed by atoms with Crippen LogP contribution in [0.1, 0.15) is 39.0 Å². The summed E-state index contributed by atoms with van der Waals surface area (Å²) in [5, 5.41) is 23.0. The third-order valence-electron chi connectivity index (χ3n) is 4.58. The van der Waals surface area contributed by atoms with E-state index in [-0.39, 0.29) is 24.6 Å². The lowest BCUT2D eigenvalue weighted by atomic mass is 9.92. The van der Waals surface area contributed by atoms with Crippen molar-refractivity contribution < 1.29 is 5.11 Å². The van der Waals surface area contributed by atoms with Crippen LogP contribution in [0.4, 0.5) is 23.5 Å². The van der Waals surface area contributed by atoms with Gasteiger partial charge in [0.25, 0.3) is 0 Å². The Bertz CT molecular complexity index is 759. The Balaban J connectivity index is 0.00000261. The van der Waals surface area contributed by atoms with Crippen molar-refractivity contribution in [3.63, 3.8) is 0 Å². The Labute approximate surface area is 165 Å². The first kappa shape index (κ1) is 21.2. The molecule has 1 saturated carbocycles. The van der Waals surface area contributed by atoms with E-state index in [1.165, 1.54) is 0 Å². The third kappa shape index (κ3) is 4.78. The maximum absolute atomic E-state index is 10.3. The van der Waals surface area contributed by atoms with Gasteiger partial charge in [-0.3, -0.25) is 0 Å². The second kappa shape index (κ2) is 9.70. The van der Waals surface area contributed by atoms with Gasteiger partial charge in [0.1, 0.15) is 11.0 Å². The fourth-order valence-corrected chi connectivity index (χ4v) is 3.16. The quantitative estimate of drug-likeness (QED) is 0.480. The van der Waals surface area contributed by atoms with Crippen LogP contribution in [-0.4, -0.2) is 57.8 Å². The summed E-state index contributed by atoms with van der Waals surface area (Å²) in [5.74, 6) is 2.28. The standard InChI is InChI=1S/C17H28N8O.ClH/c1-4-9-20-14-12-13(23-16(18-2)24-14)15(25-17(19-3)22-12)21-10-7-5-6-8-11(10)26;/h10-11,26H,4-9H2,1-3H3,(H2,18,20,23,24)(H2,19,21,22,25);1H/t10-,11-;/m0./s1. The average Bonchev–Trinajstić information content (AvgIpc) is 2.67. The number of hydrogen-bond donors (Lipinski definition) is 5. The van der Waals surface area contributed by atoms with Crippen molar-refractivity contribution in [3.05, 3.63) is 0 Å². The predicted octanol–water partition coefficient (Wildman–Crippen LogP) is 2.46. The summed E-state index contributed by atoms with van der Waals surface area (Å²) in [6, 6.07) is -0.0355. The minimum absolute atomic E-state index is 0. The summed E-state index contributed by atoms with van der Waals surface area (Å²) in [6.45, 7) is 2.89. The highest BCUT2D eigenvalue weighted by molar-refractivity contribution is 5.94. The molecule has 3 rings (SSSR count). The molecule has 1 aliphatic rings. The van der Waals surface area contributed by atoms with Gasteiger partial charge >= 0.3 is 0 Å². The van der Waals surface area contributed by atoms with E-state index < -0.39 is 0 Å². The van der Waals surface area contributed by atoms with Crippen molar-refractivity contribution in [2.45, 2.75) is 51.2 Å². The summed E-state index contributed by atoms with van der Waals surface area (Å²) >= 11 is 0.